The Hall–Kier alpha value is -1.06. The van der Waals surface area contributed by atoms with Crippen LogP contribution in [0.25, 0.3) is 10.8 Å². The zero-order chi connectivity index (χ0) is 15.3. The van der Waals surface area contributed by atoms with Crippen molar-refractivity contribution in [2.45, 2.75) is 25.7 Å². The molecular weight excluding hydrogens is 362 g/mol. The second-order valence-corrected chi connectivity index (χ2v) is 7.76. The Kier molecular flexibility index (Phi) is 3.46. The van der Waals surface area contributed by atoms with Gasteiger partial charge in [-0.15, -0.1) is 0 Å². The molecule has 1 saturated heterocycles. The van der Waals surface area contributed by atoms with Gasteiger partial charge in [-0.1, -0.05) is 40.2 Å². The lowest BCUT2D eigenvalue weighted by Crippen LogP contribution is -2.35. The molecule has 1 heterocycles. The summed E-state index contributed by atoms with van der Waals surface area (Å²) in [6.07, 6.45) is 5.22. The molecule has 114 valence electrons. The average Bonchev–Trinajstić information content (AvgIpc) is 3.27. The first kappa shape index (κ1) is 14.5. The van der Waals surface area contributed by atoms with Gasteiger partial charge in [-0.05, 0) is 59.5 Å². The van der Waals surface area contributed by atoms with Gasteiger partial charge in [0.15, 0.2) is 0 Å². The summed E-state index contributed by atoms with van der Waals surface area (Å²) < 4.78 is 1.02. The van der Waals surface area contributed by atoms with Crippen LogP contribution in [0.2, 0.25) is 0 Å². The van der Waals surface area contributed by atoms with Crippen molar-refractivity contribution < 1.29 is 4.79 Å². The molecule has 4 rings (SSSR count). The normalized spacial score (nSPS) is 19.6. The van der Waals surface area contributed by atoms with Crippen molar-refractivity contribution in [3.8, 4) is 0 Å². The third kappa shape index (κ3) is 2.35. The Balaban J connectivity index is 1.82. The smallest absolute Gasteiger partial charge is 0.255 e. The molecular formula is C18H17BrClNO. The van der Waals surface area contributed by atoms with Crippen LogP contribution >= 0.6 is 27.5 Å². The van der Waals surface area contributed by atoms with Gasteiger partial charge >= 0.3 is 0 Å². The molecule has 2 aromatic rings. The van der Waals surface area contributed by atoms with E-state index in [1.165, 1.54) is 25.7 Å². The van der Waals surface area contributed by atoms with Crippen molar-refractivity contribution in [2.75, 3.05) is 18.0 Å². The lowest BCUT2D eigenvalue weighted by Gasteiger charge is -2.35. The van der Waals surface area contributed by atoms with Crippen LogP contribution in [0.3, 0.4) is 0 Å². The zero-order valence-corrected chi connectivity index (χ0v) is 14.6. The minimum absolute atomic E-state index is 0.370. The highest BCUT2D eigenvalue weighted by Crippen LogP contribution is 2.54. The molecule has 0 N–H and O–H groups in total. The summed E-state index contributed by atoms with van der Waals surface area (Å²) in [4.78, 5) is 14.4. The van der Waals surface area contributed by atoms with E-state index in [1.54, 1.807) is 0 Å². The molecule has 1 aliphatic heterocycles. The number of hydrogen-bond acceptors (Lipinski definition) is 2. The van der Waals surface area contributed by atoms with Gasteiger partial charge in [0, 0.05) is 17.6 Å². The maximum atomic E-state index is 12.1. The Morgan fingerprint density at radius 1 is 1.09 bits per heavy atom. The molecule has 2 fully saturated rings. The van der Waals surface area contributed by atoms with Crippen LogP contribution in [-0.4, -0.2) is 18.3 Å². The van der Waals surface area contributed by atoms with Gasteiger partial charge in [-0.3, -0.25) is 4.79 Å². The van der Waals surface area contributed by atoms with E-state index in [4.69, 9.17) is 11.6 Å². The Morgan fingerprint density at radius 2 is 1.73 bits per heavy atom. The second kappa shape index (κ2) is 5.24. The number of hydrogen-bond donors (Lipinski definition) is 0. The minimum Gasteiger partial charge on any atom is -0.371 e. The maximum Gasteiger partial charge on any atom is 0.255 e. The van der Waals surface area contributed by atoms with E-state index in [1.807, 2.05) is 24.3 Å². The molecule has 1 spiro atoms. The summed E-state index contributed by atoms with van der Waals surface area (Å²) in [6, 6.07) is 9.99. The van der Waals surface area contributed by atoms with E-state index in [0.717, 1.165) is 34.0 Å². The van der Waals surface area contributed by atoms with E-state index in [2.05, 4.69) is 26.9 Å². The van der Waals surface area contributed by atoms with Gasteiger partial charge in [0.1, 0.15) is 0 Å². The predicted molar refractivity (Wildman–Crippen MR) is 94.9 cm³/mol. The molecule has 0 amide bonds. The number of nitrogens with zero attached hydrogens (tertiary/aromatic N) is 1. The van der Waals surface area contributed by atoms with E-state index < -0.39 is 0 Å². The second-order valence-electron chi connectivity index (χ2n) is 6.56. The Morgan fingerprint density at radius 3 is 2.32 bits per heavy atom. The molecule has 1 saturated carbocycles. The number of fused-ring (bicyclic) bond motifs is 1. The number of halogens is 2. The maximum absolute atomic E-state index is 12.1. The predicted octanol–water partition coefficient (Wildman–Crippen LogP) is 5.36. The van der Waals surface area contributed by atoms with E-state index in [9.17, 15) is 4.79 Å². The highest BCUT2D eigenvalue weighted by molar-refractivity contribution is 9.10. The Bertz CT molecular complexity index is 759. The number of benzene rings is 2. The zero-order valence-electron chi connectivity index (χ0n) is 12.2. The monoisotopic (exact) mass is 377 g/mol. The van der Waals surface area contributed by atoms with E-state index in [0.29, 0.717) is 11.0 Å². The van der Waals surface area contributed by atoms with Gasteiger partial charge in [-0.2, -0.15) is 0 Å². The number of carbonyl (C=O) groups excluding carboxylic acids is 1. The van der Waals surface area contributed by atoms with Crippen LogP contribution in [0, 0.1) is 5.41 Å². The fraction of sp³-hybridized carbons (Fsp3) is 0.389. The van der Waals surface area contributed by atoms with Crippen LogP contribution in [0.15, 0.2) is 34.8 Å². The van der Waals surface area contributed by atoms with Crippen LogP contribution < -0.4 is 4.90 Å². The number of piperidine rings is 1. The summed E-state index contributed by atoms with van der Waals surface area (Å²) in [5.41, 5.74) is 2.24. The largest absolute Gasteiger partial charge is 0.371 e. The molecule has 0 aromatic heterocycles. The highest BCUT2D eigenvalue weighted by Gasteiger charge is 2.44. The fourth-order valence-corrected chi connectivity index (χ4v) is 4.43. The van der Waals surface area contributed by atoms with Gasteiger partial charge in [-0.25, -0.2) is 0 Å². The van der Waals surface area contributed by atoms with E-state index >= 15 is 0 Å². The molecule has 2 aliphatic rings. The van der Waals surface area contributed by atoms with Crippen LogP contribution in [0.1, 0.15) is 36.0 Å². The minimum atomic E-state index is -0.370. The molecule has 0 atom stereocenters. The third-order valence-corrected chi connectivity index (χ3v) is 6.14. The van der Waals surface area contributed by atoms with Gasteiger partial charge in [0.25, 0.3) is 5.24 Å². The fourth-order valence-electron chi connectivity index (χ4n) is 3.67. The first-order valence-electron chi connectivity index (χ1n) is 7.76. The standard InChI is InChI=1S/C18H17BrClNO/c19-14-11-15(21-9-7-18(5-6-18)8-10-21)16(17(20)22)13-4-2-1-3-12(13)14/h1-4,11H,5-10H2. The third-order valence-electron chi connectivity index (χ3n) is 5.29. The van der Waals surface area contributed by atoms with Gasteiger partial charge in [0.2, 0.25) is 0 Å². The van der Waals surface area contributed by atoms with Crippen molar-refractivity contribution in [1.29, 1.82) is 0 Å². The van der Waals surface area contributed by atoms with Crippen molar-refractivity contribution in [3.63, 3.8) is 0 Å². The number of rotatable bonds is 2. The van der Waals surface area contributed by atoms with E-state index in [-0.39, 0.29) is 5.24 Å². The summed E-state index contributed by atoms with van der Waals surface area (Å²) in [5.74, 6) is 0. The van der Waals surface area contributed by atoms with Crippen molar-refractivity contribution in [1.82, 2.24) is 0 Å². The van der Waals surface area contributed by atoms with Crippen LogP contribution in [0.4, 0.5) is 5.69 Å². The molecule has 2 nitrogen and oxygen atoms in total. The summed E-state index contributed by atoms with van der Waals surface area (Å²) in [6.45, 7) is 2.03. The lowest BCUT2D eigenvalue weighted by atomic mass is 9.92. The summed E-state index contributed by atoms with van der Waals surface area (Å²) in [5, 5.41) is 1.59. The molecule has 4 heteroatoms. The Labute approximate surface area is 143 Å². The highest BCUT2D eigenvalue weighted by atomic mass is 79.9. The quantitative estimate of drug-likeness (QED) is 0.655. The number of anilines is 1. The first-order chi connectivity index (χ1) is 10.6. The summed E-state index contributed by atoms with van der Waals surface area (Å²) >= 11 is 9.60. The van der Waals surface area contributed by atoms with Crippen LogP contribution in [0.5, 0.6) is 0 Å². The topological polar surface area (TPSA) is 20.3 Å². The molecule has 0 unspecified atom stereocenters. The molecule has 22 heavy (non-hydrogen) atoms. The lowest BCUT2D eigenvalue weighted by molar-refractivity contribution is 0.108. The van der Waals surface area contributed by atoms with Crippen molar-refractivity contribution in [2.24, 2.45) is 5.41 Å². The first-order valence-corrected chi connectivity index (χ1v) is 8.93. The summed E-state index contributed by atoms with van der Waals surface area (Å²) in [7, 11) is 0. The van der Waals surface area contributed by atoms with Crippen molar-refractivity contribution >= 4 is 49.2 Å². The average molecular weight is 379 g/mol. The van der Waals surface area contributed by atoms with Gasteiger partial charge in [0.05, 0.1) is 11.3 Å². The number of carbonyl (C=O) groups is 1. The SMILES string of the molecule is O=C(Cl)c1c(N2CCC3(CC2)CC3)cc(Br)c2ccccc12. The molecule has 0 radical (unpaired) electrons. The van der Waals surface area contributed by atoms with Crippen molar-refractivity contribution in [3.05, 3.63) is 40.4 Å². The molecule has 2 aromatic carbocycles. The molecule has 0 bridgehead atoms. The molecule has 1 aliphatic carbocycles. The van der Waals surface area contributed by atoms with Gasteiger partial charge < -0.3 is 4.90 Å². The van der Waals surface area contributed by atoms with Crippen LogP contribution in [-0.2, 0) is 0 Å².